The Morgan fingerprint density at radius 2 is 1.68 bits per heavy atom. The number of nitrogen functional groups attached to an aromatic ring is 1. The molecule has 0 spiro atoms. The predicted molar refractivity (Wildman–Crippen MR) is 122 cm³/mol. The minimum atomic E-state index is -0.387. The zero-order valence-electron chi connectivity index (χ0n) is 16.4. The molecule has 4 rings (SSSR count). The fraction of sp³-hybridized carbons (Fsp3) is 0. The Kier molecular flexibility index (Phi) is 5.66. The van der Waals surface area contributed by atoms with Crippen LogP contribution in [0, 0.1) is 0 Å². The summed E-state index contributed by atoms with van der Waals surface area (Å²) in [6.07, 6.45) is 1.35. The monoisotopic (exact) mass is 409 g/mol. The van der Waals surface area contributed by atoms with Crippen LogP contribution in [0.2, 0.25) is 0 Å². The molecule has 4 N–H and O–H groups in total. The maximum atomic E-state index is 12.1. The molecule has 31 heavy (non-hydrogen) atoms. The van der Waals surface area contributed by atoms with E-state index in [2.05, 4.69) is 20.8 Å². The van der Waals surface area contributed by atoms with Crippen molar-refractivity contribution in [3.05, 3.63) is 96.1 Å². The summed E-state index contributed by atoms with van der Waals surface area (Å²) in [5.74, 6) is -0.378. The number of phenolic OH excluding ortho intramolecular Hbond substituents is 1. The van der Waals surface area contributed by atoms with Gasteiger partial charge in [-0.3, -0.25) is 4.79 Å². The smallest absolute Gasteiger partial charge is 0.271 e. The largest absolute Gasteiger partial charge is 0.507 e. The van der Waals surface area contributed by atoms with E-state index >= 15 is 0 Å². The van der Waals surface area contributed by atoms with Crippen molar-refractivity contribution in [1.82, 2.24) is 5.43 Å². The molecule has 152 valence electrons. The van der Waals surface area contributed by atoms with E-state index in [1.54, 1.807) is 36.4 Å². The Morgan fingerprint density at radius 3 is 2.52 bits per heavy atom. The zero-order chi connectivity index (χ0) is 21.6. The number of nitrogens with zero attached hydrogens (tertiary/aromatic N) is 3. The van der Waals surface area contributed by atoms with Crippen molar-refractivity contribution in [2.24, 2.45) is 15.3 Å². The molecule has 1 amide bonds. The molecule has 0 unspecified atom stereocenters. The second-order valence-corrected chi connectivity index (χ2v) is 6.76. The summed E-state index contributed by atoms with van der Waals surface area (Å²) in [6.45, 7) is 0. The van der Waals surface area contributed by atoms with Gasteiger partial charge in [-0.2, -0.15) is 10.2 Å². The normalized spacial score (nSPS) is 11.4. The van der Waals surface area contributed by atoms with Gasteiger partial charge in [0, 0.05) is 22.2 Å². The summed E-state index contributed by atoms with van der Waals surface area (Å²) in [5.41, 5.74) is 10.7. The van der Waals surface area contributed by atoms with Crippen LogP contribution in [0.25, 0.3) is 10.8 Å². The molecule has 0 fully saturated rings. The molecule has 7 nitrogen and oxygen atoms in total. The Bertz CT molecular complexity index is 1290. The van der Waals surface area contributed by atoms with Crippen molar-refractivity contribution in [2.75, 3.05) is 5.73 Å². The standard InChI is InChI=1S/C24H19N5O2/c25-19-10-8-17(9-11-19)24(31)29-26-15-18-14-20(12-13-23(18)30)27-28-22-7-3-5-16-4-1-2-6-21(16)22/h1-15,30H,25H2,(H,29,31)/b26-15-,28-27?. The molecule has 0 aromatic heterocycles. The van der Waals surface area contributed by atoms with Gasteiger partial charge >= 0.3 is 0 Å². The molecular weight excluding hydrogens is 390 g/mol. The molecule has 0 aliphatic rings. The minimum absolute atomic E-state index is 0.00888. The topological polar surface area (TPSA) is 112 Å². The van der Waals surface area contributed by atoms with Crippen LogP contribution in [0.4, 0.5) is 17.1 Å². The summed E-state index contributed by atoms with van der Waals surface area (Å²) in [5, 5.41) is 24.7. The molecule has 0 aliphatic carbocycles. The Hall–Kier alpha value is -4.52. The van der Waals surface area contributed by atoms with Crippen molar-refractivity contribution in [1.29, 1.82) is 0 Å². The van der Waals surface area contributed by atoms with E-state index in [1.807, 2.05) is 42.5 Å². The maximum Gasteiger partial charge on any atom is 0.271 e. The SMILES string of the molecule is Nc1ccc(C(=O)N/N=C\c2cc(N=Nc3cccc4ccccc34)ccc2O)cc1. The quantitative estimate of drug-likeness (QED) is 0.180. The number of hydrogen-bond donors (Lipinski definition) is 3. The van der Waals surface area contributed by atoms with Crippen molar-refractivity contribution < 1.29 is 9.90 Å². The number of nitrogens with one attached hydrogen (secondary N) is 1. The first-order valence-corrected chi connectivity index (χ1v) is 9.51. The third kappa shape index (κ3) is 4.73. The van der Waals surface area contributed by atoms with Gasteiger partial charge in [0.2, 0.25) is 0 Å². The van der Waals surface area contributed by atoms with Gasteiger partial charge < -0.3 is 10.8 Å². The summed E-state index contributed by atoms with van der Waals surface area (Å²) < 4.78 is 0. The third-order valence-electron chi connectivity index (χ3n) is 4.59. The summed E-state index contributed by atoms with van der Waals surface area (Å²) >= 11 is 0. The first-order chi connectivity index (χ1) is 15.1. The average Bonchev–Trinajstić information content (AvgIpc) is 2.79. The van der Waals surface area contributed by atoms with Crippen molar-refractivity contribution in [3.63, 3.8) is 0 Å². The Morgan fingerprint density at radius 1 is 0.903 bits per heavy atom. The van der Waals surface area contributed by atoms with Crippen LogP contribution >= 0.6 is 0 Å². The second kappa shape index (κ2) is 8.87. The Balaban J connectivity index is 1.50. The van der Waals surface area contributed by atoms with Crippen LogP contribution in [-0.2, 0) is 0 Å². The number of hydrogen-bond acceptors (Lipinski definition) is 6. The number of hydrazone groups is 1. The number of aromatic hydroxyl groups is 1. The number of fused-ring (bicyclic) bond motifs is 1. The maximum absolute atomic E-state index is 12.1. The van der Waals surface area contributed by atoms with Gasteiger partial charge in [-0.25, -0.2) is 5.43 Å². The predicted octanol–water partition coefficient (Wildman–Crippen LogP) is 5.31. The molecule has 0 heterocycles. The lowest BCUT2D eigenvalue weighted by molar-refractivity contribution is 0.0955. The number of amides is 1. The van der Waals surface area contributed by atoms with Gasteiger partial charge in [0.05, 0.1) is 17.6 Å². The van der Waals surface area contributed by atoms with Gasteiger partial charge in [0.15, 0.2) is 0 Å². The second-order valence-electron chi connectivity index (χ2n) is 6.76. The molecule has 0 saturated heterocycles. The van der Waals surface area contributed by atoms with E-state index in [1.165, 1.54) is 12.3 Å². The molecule has 4 aromatic rings. The Labute approximate surface area is 178 Å². The van der Waals surface area contributed by atoms with Crippen LogP contribution in [0.1, 0.15) is 15.9 Å². The van der Waals surface area contributed by atoms with Crippen LogP contribution in [0.15, 0.2) is 100 Å². The number of rotatable bonds is 5. The number of azo groups is 1. The first kappa shape index (κ1) is 19.8. The van der Waals surface area contributed by atoms with E-state index in [9.17, 15) is 9.90 Å². The number of anilines is 1. The van der Waals surface area contributed by atoms with Crippen LogP contribution in [0.5, 0.6) is 5.75 Å². The van der Waals surface area contributed by atoms with Gasteiger partial charge in [-0.1, -0.05) is 36.4 Å². The molecular formula is C24H19N5O2. The van der Waals surface area contributed by atoms with Gasteiger partial charge in [-0.05, 0) is 53.9 Å². The molecule has 0 atom stereocenters. The van der Waals surface area contributed by atoms with Crippen LogP contribution in [-0.4, -0.2) is 17.2 Å². The highest BCUT2D eigenvalue weighted by atomic mass is 16.3. The van der Waals surface area contributed by atoms with E-state index in [0.29, 0.717) is 22.5 Å². The lowest BCUT2D eigenvalue weighted by Crippen LogP contribution is -2.17. The van der Waals surface area contributed by atoms with Gasteiger partial charge in [0.1, 0.15) is 5.75 Å². The molecule has 0 radical (unpaired) electrons. The van der Waals surface area contributed by atoms with E-state index in [4.69, 9.17) is 5.73 Å². The minimum Gasteiger partial charge on any atom is -0.507 e. The van der Waals surface area contributed by atoms with Crippen molar-refractivity contribution in [2.45, 2.75) is 0 Å². The molecule has 0 saturated carbocycles. The molecule has 7 heteroatoms. The fourth-order valence-corrected chi connectivity index (χ4v) is 2.97. The summed E-state index contributed by atoms with van der Waals surface area (Å²) in [7, 11) is 0. The average molecular weight is 409 g/mol. The number of nitrogens with two attached hydrogens (primary N) is 1. The molecule has 4 aromatic carbocycles. The third-order valence-corrected chi connectivity index (χ3v) is 4.59. The van der Waals surface area contributed by atoms with Crippen LogP contribution in [0.3, 0.4) is 0 Å². The van der Waals surface area contributed by atoms with E-state index in [0.717, 1.165) is 16.5 Å². The fourth-order valence-electron chi connectivity index (χ4n) is 2.97. The number of carbonyl (C=O) groups excluding carboxylic acids is 1. The van der Waals surface area contributed by atoms with Gasteiger partial charge in [0.25, 0.3) is 5.91 Å². The summed E-state index contributed by atoms with van der Waals surface area (Å²) in [6, 6.07) is 25.0. The van der Waals surface area contributed by atoms with E-state index in [-0.39, 0.29) is 11.7 Å². The lowest BCUT2D eigenvalue weighted by Gasteiger charge is -2.03. The molecule has 0 aliphatic heterocycles. The highest BCUT2D eigenvalue weighted by Crippen LogP contribution is 2.28. The van der Waals surface area contributed by atoms with Crippen LogP contribution < -0.4 is 11.2 Å². The van der Waals surface area contributed by atoms with Crippen molar-refractivity contribution >= 4 is 40.0 Å². The number of carbonyl (C=O) groups is 1. The number of benzene rings is 4. The molecule has 0 bridgehead atoms. The first-order valence-electron chi connectivity index (χ1n) is 9.51. The highest BCUT2D eigenvalue weighted by Gasteiger charge is 2.05. The van der Waals surface area contributed by atoms with Crippen molar-refractivity contribution in [3.8, 4) is 5.75 Å². The summed E-state index contributed by atoms with van der Waals surface area (Å²) in [4.78, 5) is 12.1. The zero-order valence-corrected chi connectivity index (χ0v) is 16.4. The lowest BCUT2D eigenvalue weighted by atomic mass is 10.1. The number of phenols is 1. The van der Waals surface area contributed by atoms with E-state index < -0.39 is 0 Å². The highest BCUT2D eigenvalue weighted by molar-refractivity contribution is 5.95. The van der Waals surface area contributed by atoms with Gasteiger partial charge in [-0.15, -0.1) is 5.11 Å².